The summed E-state index contributed by atoms with van der Waals surface area (Å²) in [6.45, 7) is 0. The van der Waals surface area contributed by atoms with Crippen LogP contribution in [0.2, 0.25) is 0 Å². The first-order valence-electron chi connectivity index (χ1n) is 10.1. The Morgan fingerprint density at radius 3 is 2.03 bits per heavy atom. The largest absolute Gasteiger partial charge is 0.370 e. The first-order valence-corrected chi connectivity index (χ1v) is 10.1. The van der Waals surface area contributed by atoms with Crippen molar-refractivity contribution in [2.24, 2.45) is 5.73 Å². The van der Waals surface area contributed by atoms with E-state index in [9.17, 15) is 4.79 Å². The van der Waals surface area contributed by atoms with Crippen molar-refractivity contribution in [3.05, 3.63) is 78.4 Å². The highest BCUT2D eigenvalue weighted by Gasteiger charge is 2.09. The highest BCUT2D eigenvalue weighted by atomic mass is 16.1. The van der Waals surface area contributed by atoms with E-state index in [-0.39, 0.29) is 5.91 Å². The van der Waals surface area contributed by atoms with E-state index in [1.54, 1.807) is 0 Å². The zero-order valence-corrected chi connectivity index (χ0v) is 16.4. The smallest absolute Gasteiger partial charge is 0.217 e. The number of nitrogens with one attached hydrogen (secondary N) is 1. The van der Waals surface area contributed by atoms with Crippen molar-refractivity contribution in [3.63, 3.8) is 0 Å². The van der Waals surface area contributed by atoms with Crippen LogP contribution >= 0.6 is 0 Å². The molecule has 29 heavy (non-hydrogen) atoms. The molecule has 0 atom stereocenters. The fourth-order valence-electron chi connectivity index (χ4n) is 3.68. The standard InChI is InChI=1S/C25H25N3O/c26-24(29)13-3-1-2-8-18-14-16-19(17-15-18)27-25-20-9-4-6-11-22(20)28-23-12-7-5-10-21(23)25/h4-7,9-12,14-17H,1-3,8,13H2,(H2,26,29)(H,27,28). The minimum atomic E-state index is -0.211. The Labute approximate surface area is 170 Å². The lowest BCUT2D eigenvalue weighted by atomic mass is 10.0. The van der Waals surface area contributed by atoms with Gasteiger partial charge in [-0.3, -0.25) is 4.79 Å². The van der Waals surface area contributed by atoms with E-state index in [0.29, 0.717) is 6.42 Å². The monoisotopic (exact) mass is 383 g/mol. The highest BCUT2D eigenvalue weighted by Crippen LogP contribution is 2.33. The van der Waals surface area contributed by atoms with Crippen LogP contribution in [0.4, 0.5) is 11.4 Å². The number of amides is 1. The molecule has 0 unspecified atom stereocenters. The molecule has 0 radical (unpaired) electrons. The summed E-state index contributed by atoms with van der Waals surface area (Å²) >= 11 is 0. The average Bonchev–Trinajstić information content (AvgIpc) is 2.74. The number of primary amides is 1. The maximum absolute atomic E-state index is 10.8. The van der Waals surface area contributed by atoms with E-state index < -0.39 is 0 Å². The lowest BCUT2D eigenvalue weighted by Crippen LogP contribution is -2.09. The Morgan fingerprint density at radius 2 is 1.41 bits per heavy atom. The van der Waals surface area contributed by atoms with Crippen molar-refractivity contribution in [2.45, 2.75) is 32.1 Å². The number of pyridine rings is 1. The van der Waals surface area contributed by atoms with Gasteiger partial charge in [-0.15, -0.1) is 0 Å². The minimum absolute atomic E-state index is 0.211. The minimum Gasteiger partial charge on any atom is -0.370 e. The quantitative estimate of drug-likeness (QED) is 0.302. The van der Waals surface area contributed by atoms with Gasteiger partial charge in [0.05, 0.1) is 16.7 Å². The highest BCUT2D eigenvalue weighted by molar-refractivity contribution is 6.08. The molecule has 146 valence electrons. The number of anilines is 2. The Balaban J connectivity index is 1.52. The van der Waals surface area contributed by atoms with Crippen LogP contribution < -0.4 is 11.1 Å². The zero-order valence-electron chi connectivity index (χ0n) is 16.4. The molecule has 0 bridgehead atoms. The number of aryl methyl sites for hydroxylation is 1. The summed E-state index contributed by atoms with van der Waals surface area (Å²) in [6.07, 6.45) is 4.46. The Kier molecular flexibility index (Phi) is 5.71. The number of nitrogens with zero attached hydrogens (tertiary/aromatic N) is 1. The molecule has 3 N–H and O–H groups in total. The molecule has 4 heteroatoms. The second-order valence-electron chi connectivity index (χ2n) is 7.37. The third kappa shape index (κ3) is 4.54. The molecule has 3 aromatic carbocycles. The molecule has 0 aliphatic heterocycles. The second kappa shape index (κ2) is 8.74. The summed E-state index contributed by atoms with van der Waals surface area (Å²) in [4.78, 5) is 15.6. The van der Waals surface area contributed by atoms with E-state index in [0.717, 1.165) is 58.9 Å². The lowest BCUT2D eigenvalue weighted by Gasteiger charge is -2.13. The van der Waals surface area contributed by atoms with Crippen molar-refractivity contribution < 1.29 is 4.79 Å². The lowest BCUT2D eigenvalue weighted by molar-refractivity contribution is -0.118. The molecule has 4 nitrogen and oxygen atoms in total. The van der Waals surface area contributed by atoms with E-state index in [1.165, 1.54) is 5.56 Å². The number of rotatable bonds is 8. The fraction of sp³-hybridized carbons (Fsp3) is 0.200. The number of para-hydroxylation sites is 2. The van der Waals surface area contributed by atoms with Gasteiger partial charge in [0.1, 0.15) is 0 Å². The van der Waals surface area contributed by atoms with Crippen molar-refractivity contribution in [2.75, 3.05) is 5.32 Å². The molecule has 0 fully saturated rings. The van der Waals surface area contributed by atoms with Crippen LogP contribution in [0.15, 0.2) is 72.8 Å². The number of hydrogen-bond acceptors (Lipinski definition) is 3. The Morgan fingerprint density at radius 1 is 0.793 bits per heavy atom. The summed E-state index contributed by atoms with van der Waals surface area (Å²) in [5.41, 5.74) is 10.6. The number of carbonyl (C=O) groups excluding carboxylic acids is 1. The number of carbonyl (C=O) groups is 1. The Bertz CT molecular complexity index is 1080. The summed E-state index contributed by atoms with van der Waals surface area (Å²) in [5, 5.41) is 5.85. The van der Waals surface area contributed by atoms with Crippen LogP contribution in [-0.4, -0.2) is 10.9 Å². The SMILES string of the molecule is NC(=O)CCCCCc1ccc(Nc2c3ccccc3nc3ccccc23)cc1. The summed E-state index contributed by atoms with van der Waals surface area (Å²) in [6, 6.07) is 25.0. The topological polar surface area (TPSA) is 68.0 Å². The molecule has 0 aliphatic carbocycles. The second-order valence-corrected chi connectivity index (χ2v) is 7.37. The molecule has 0 saturated heterocycles. The number of unbranched alkanes of at least 4 members (excludes halogenated alkanes) is 2. The fourth-order valence-corrected chi connectivity index (χ4v) is 3.68. The van der Waals surface area contributed by atoms with Crippen LogP contribution in [0.5, 0.6) is 0 Å². The van der Waals surface area contributed by atoms with Crippen LogP contribution in [0, 0.1) is 0 Å². The van der Waals surface area contributed by atoms with E-state index in [4.69, 9.17) is 10.7 Å². The van der Waals surface area contributed by atoms with Crippen LogP contribution in [-0.2, 0) is 11.2 Å². The maximum atomic E-state index is 10.8. The molecule has 1 aromatic heterocycles. The molecule has 0 spiro atoms. The molecule has 4 rings (SSSR count). The van der Waals surface area contributed by atoms with Crippen LogP contribution in [0.1, 0.15) is 31.2 Å². The molecule has 4 aromatic rings. The van der Waals surface area contributed by atoms with Gasteiger partial charge in [-0.05, 0) is 49.1 Å². The van der Waals surface area contributed by atoms with Gasteiger partial charge in [-0.25, -0.2) is 4.98 Å². The number of nitrogens with two attached hydrogens (primary N) is 1. The third-order valence-electron chi connectivity index (χ3n) is 5.20. The number of aromatic nitrogens is 1. The zero-order chi connectivity index (χ0) is 20.1. The van der Waals surface area contributed by atoms with Crippen molar-refractivity contribution in [1.82, 2.24) is 4.98 Å². The number of hydrogen-bond donors (Lipinski definition) is 2. The van der Waals surface area contributed by atoms with Crippen LogP contribution in [0.3, 0.4) is 0 Å². The van der Waals surface area contributed by atoms with Gasteiger partial charge in [-0.2, -0.15) is 0 Å². The van der Waals surface area contributed by atoms with Gasteiger partial charge in [-0.1, -0.05) is 55.0 Å². The molecular formula is C25H25N3O. The molecule has 1 heterocycles. The Hall–Kier alpha value is -3.40. The number of fused-ring (bicyclic) bond motifs is 2. The molecule has 1 amide bonds. The summed E-state index contributed by atoms with van der Waals surface area (Å²) < 4.78 is 0. The molecule has 0 aliphatic rings. The summed E-state index contributed by atoms with van der Waals surface area (Å²) in [7, 11) is 0. The van der Waals surface area contributed by atoms with Crippen LogP contribution in [0.25, 0.3) is 21.8 Å². The van der Waals surface area contributed by atoms with Gasteiger partial charge in [0.25, 0.3) is 0 Å². The summed E-state index contributed by atoms with van der Waals surface area (Å²) in [5.74, 6) is -0.211. The van der Waals surface area contributed by atoms with Gasteiger partial charge in [0.2, 0.25) is 5.91 Å². The normalized spacial score (nSPS) is 11.0. The maximum Gasteiger partial charge on any atom is 0.217 e. The average molecular weight is 383 g/mol. The van der Waals surface area contributed by atoms with Gasteiger partial charge in [0, 0.05) is 22.9 Å². The van der Waals surface area contributed by atoms with Crippen molar-refractivity contribution in [3.8, 4) is 0 Å². The van der Waals surface area contributed by atoms with E-state index >= 15 is 0 Å². The van der Waals surface area contributed by atoms with Gasteiger partial charge < -0.3 is 11.1 Å². The van der Waals surface area contributed by atoms with Crippen molar-refractivity contribution in [1.29, 1.82) is 0 Å². The molecular weight excluding hydrogens is 358 g/mol. The van der Waals surface area contributed by atoms with Gasteiger partial charge in [0.15, 0.2) is 0 Å². The van der Waals surface area contributed by atoms with E-state index in [1.807, 2.05) is 36.4 Å². The van der Waals surface area contributed by atoms with Crippen molar-refractivity contribution >= 4 is 39.1 Å². The number of benzene rings is 3. The predicted molar refractivity (Wildman–Crippen MR) is 120 cm³/mol. The van der Waals surface area contributed by atoms with E-state index in [2.05, 4.69) is 41.7 Å². The van der Waals surface area contributed by atoms with Gasteiger partial charge >= 0.3 is 0 Å². The predicted octanol–water partition coefficient (Wildman–Crippen LogP) is 5.72. The molecule has 0 saturated carbocycles. The third-order valence-corrected chi connectivity index (χ3v) is 5.20. The first-order chi connectivity index (χ1) is 14.2. The first kappa shape index (κ1) is 18.9.